The largest absolute Gasteiger partial charge is 0.460 e. The van der Waals surface area contributed by atoms with E-state index in [9.17, 15) is 22.8 Å². The van der Waals surface area contributed by atoms with E-state index in [0.717, 1.165) is 4.31 Å². The number of amides is 2. The van der Waals surface area contributed by atoms with Crippen molar-refractivity contribution in [3.63, 3.8) is 0 Å². The third-order valence-electron chi connectivity index (χ3n) is 6.66. The highest BCUT2D eigenvalue weighted by atomic mass is 32.2. The monoisotopic (exact) mass is 497 g/mol. The van der Waals surface area contributed by atoms with Gasteiger partial charge in [-0.05, 0) is 57.6 Å². The van der Waals surface area contributed by atoms with Gasteiger partial charge in [0, 0.05) is 31.6 Å². The second kappa shape index (κ2) is 10.9. The quantitative estimate of drug-likeness (QED) is 0.545. The summed E-state index contributed by atoms with van der Waals surface area (Å²) < 4.78 is 37.6. The standard InChI is InChI=1S/C23H35N3O7S/c1-5-32-23(29)19-8-9-20(33-19)34(30,31)26-12-6-7-18(26)22(28)25-13-10-17(11-14-25)21(27)24-16(4)15(2)3/h8-9,15-18H,5-7,10-14H2,1-4H3,(H,24,27). The zero-order valence-corrected chi connectivity index (χ0v) is 21.1. The lowest BCUT2D eigenvalue weighted by atomic mass is 9.94. The lowest BCUT2D eigenvalue weighted by molar-refractivity contribution is -0.138. The molecule has 2 fully saturated rings. The minimum absolute atomic E-state index is 0.00796. The topological polar surface area (TPSA) is 126 Å². The molecule has 1 aromatic heterocycles. The van der Waals surface area contributed by atoms with E-state index in [1.54, 1.807) is 11.8 Å². The molecular weight excluding hydrogens is 462 g/mol. The molecule has 34 heavy (non-hydrogen) atoms. The summed E-state index contributed by atoms with van der Waals surface area (Å²) in [6.07, 6.45) is 2.05. The van der Waals surface area contributed by atoms with Crippen LogP contribution in [0.4, 0.5) is 0 Å². The summed E-state index contributed by atoms with van der Waals surface area (Å²) in [6.45, 7) is 8.86. The smallest absolute Gasteiger partial charge is 0.374 e. The summed E-state index contributed by atoms with van der Waals surface area (Å²) in [6, 6.07) is 1.72. The van der Waals surface area contributed by atoms with E-state index in [0.29, 0.717) is 44.7 Å². The van der Waals surface area contributed by atoms with Gasteiger partial charge in [-0.1, -0.05) is 13.8 Å². The van der Waals surface area contributed by atoms with Gasteiger partial charge in [0.2, 0.25) is 22.7 Å². The Kier molecular flexibility index (Phi) is 8.40. The molecular formula is C23H35N3O7S. The fraction of sp³-hybridized carbons (Fsp3) is 0.696. The second-order valence-electron chi connectivity index (χ2n) is 9.25. The Morgan fingerprint density at radius 2 is 1.79 bits per heavy atom. The van der Waals surface area contributed by atoms with Gasteiger partial charge in [0.15, 0.2) is 0 Å². The number of likely N-dealkylation sites (tertiary alicyclic amines) is 1. The number of hydrogen-bond donors (Lipinski definition) is 1. The highest BCUT2D eigenvalue weighted by molar-refractivity contribution is 7.89. The highest BCUT2D eigenvalue weighted by Crippen LogP contribution is 2.30. The van der Waals surface area contributed by atoms with Gasteiger partial charge in [0.1, 0.15) is 6.04 Å². The van der Waals surface area contributed by atoms with Crippen LogP contribution in [0.2, 0.25) is 0 Å². The molecule has 2 atom stereocenters. The van der Waals surface area contributed by atoms with E-state index in [-0.39, 0.29) is 47.8 Å². The maximum Gasteiger partial charge on any atom is 0.374 e. The van der Waals surface area contributed by atoms with E-state index >= 15 is 0 Å². The summed E-state index contributed by atoms with van der Waals surface area (Å²) in [4.78, 5) is 39.3. The van der Waals surface area contributed by atoms with Crippen LogP contribution >= 0.6 is 0 Å². The van der Waals surface area contributed by atoms with Gasteiger partial charge in [-0.25, -0.2) is 13.2 Å². The van der Waals surface area contributed by atoms with Crippen molar-refractivity contribution in [1.82, 2.24) is 14.5 Å². The van der Waals surface area contributed by atoms with Crippen molar-refractivity contribution in [2.75, 3.05) is 26.2 Å². The number of rotatable bonds is 8. The van der Waals surface area contributed by atoms with Crippen molar-refractivity contribution in [3.05, 3.63) is 17.9 Å². The molecule has 3 rings (SSSR count). The summed E-state index contributed by atoms with van der Waals surface area (Å²) in [5, 5.41) is 2.65. The third kappa shape index (κ3) is 5.63. The molecule has 2 amide bonds. The number of esters is 1. The van der Waals surface area contributed by atoms with Crippen LogP contribution in [0.1, 0.15) is 63.9 Å². The summed E-state index contributed by atoms with van der Waals surface area (Å²) in [7, 11) is -4.10. The fourth-order valence-electron chi connectivity index (χ4n) is 4.24. The number of carbonyl (C=O) groups is 3. The van der Waals surface area contributed by atoms with Crippen molar-refractivity contribution >= 4 is 27.8 Å². The lowest BCUT2D eigenvalue weighted by Gasteiger charge is -2.35. The Bertz CT molecular complexity index is 996. The van der Waals surface area contributed by atoms with Crippen LogP contribution in [-0.2, 0) is 24.3 Å². The van der Waals surface area contributed by atoms with E-state index in [4.69, 9.17) is 9.15 Å². The van der Waals surface area contributed by atoms with Gasteiger partial charge in [-0.15, -0.1) is 0 Å². The fourth-order valence-corrected chi connectivity index (χ4v) is 5.81. The van der Waals surface area contributed by atoms with Crippen LogP contribution in [0.3, 0.4) is 0 Å². The molecule has 10 nitrogen and oxygen atoms in total. The first-order chi connectivity index (χ1) is 16.1. The predicted molar refractivity (Wildman–Crippen MR) is 123 cm³/mol. The van der Waals surface area contributed by atoms with Crippen molar-refractivity contribution in [2.45, 2.75) is 70.6 Å². The SMILES string of the molecule is CCOC(=O)c1ccc(S(=O)(=O)N2CCCC2C(=O)N2CCC(C(=O)NC(C)C(C)C)CC2)o1. The van der Waals surface area contributed by atoms with E-state index < -0.39 is 22.0 Å². The minimum Gasteiger partial charge on any atom is -0.460 e. The first kappa shape index (κ1) is 26.2. The Hall–Kier alpha value is -2.40. The molecule has 0 bridgehead atoms. The molecule has 11 heteroatoms. The van der Waals surface area contributed by atoms with Crippen molar-refractivity contribution in [2.24, 2.45) is 11.8 Å². The van der Waals surface area contributed by atoms with Crippen LogP contribution in [0.15, 0.2) is 21.6 Å². The average Bonchev–Trinajstić information content (AvgIpc) is 3.49. The Morgan fingerprint density at radius 1 is 1.12 bits per heavy atom. The van der Waals surface area contributed by atoms with Gasteiger partial charge < -0.3 is 19.4 Å². The van der Waals surface area contributed by atoms with Crippen molar-refractivity contribution in [1.29, 1.82) is 0 Å². The number of nitrogens with one attached hydrogen (secondary N) is 1. The summed E-state index contributed by atoms with van der Waals surface area (Å²) >= 11 is 0. The third-order valence-corrected chi connectivity index (χ3v) is 8.44. The minimum atomic E-state index is -4.10. The zero-order chi connectivity index (χ0) is 25.0. The molecule has 2 saturated heterocycles. The number of carbonyl (C=O) groups excluding carboxylic acids is 3. The molecule has 190 valence electrons. The maximum atomic E-state index is 13.2. The van der Waals surface area contributed by atoms with Crippen LogP contribution in [0.5, 0.6) is 0 Å². The number of ether oxygens (including phenoxy) is 1. The predicted octanol–water partition coefficient (Wildman–Crippen LogP) is 2.01. The first-order valence-electron chi connectivity index (χ1n) is 11.9. The van der Waals surface area contributed by atoms with Crippen molar-refractivity contribution in [3.8, 4) is 0 Å². The lowest BCUT2D eigenvalue weighted by Crippen LogP contribution is -2.51. The molecule has 0 saturated carbocycles. The van der Waals surface area contributed by atoms with Gasteiger partial charge in [0.05, 0.1) is 6.61 Å². The Balaban J connectivity index is 1.63. The van der Waals surface area contributed by atoms with E-state index in [1.165, 1.54) is 12.1 Å². The Morgan fingerprint density at radius 3 is 2.41 bits per heavy atom. The van der Waals surface area contributed by atoms with Gasteiger partial charge in [-0.2, -0.15) is 4.31 Å². The molecule has 0 spiro atoms. The van der Waals surface area contributed by atoms with Gasteiger partial charge in [0.25, 0.3) is 10.0 Å². The maximum absolute atomic E-state index is 13.2. The molecule has 0 aromatic carbocycles. The molecule has 1 aromatic rings. The molecule has 2 unspecified atom stereocenters. The number of furan rings is 1. The van der Waals surface area contributed by atoms with Gasteiger partial charge >= 0.3 is 5.97 Å². The number of hydrogen-bond acceptors (Lipinski definition) is 7. The molecule has 2 aliphatic heterocycles. The van der Waals surface area contributed by atoms with Crippen molar-refractivity contribution < 1.29 is 32.0 Å². The molecule has 0 aliphatic carbocycles. The van der Waals surface area contributed by atoms with Crippen LogP contribution in [-0.4, -0.2) is 73.7 Å². The van der Waals surface area contributed by atoms with Crippen LogP contribution < -0.4 is 5.32 Å². The van der Waals surface area contributed by atoms with E-state index in [2.05, 4.69) is 5.32 Å². The highest BCUT2D eigenvalue weighted by Gasteiger charge is 2.43. The normalized spacial score (nSPS) is 21.0. The summed E-state index contributed by atoms with van der Waals surface area (Å²) in [5.74, 6) is -1.01. The molecule has 1 N–H and O–H groups in total. The summed E-state index contributed by atoms with van der Waals surface area (Å²) in [5.41, 5.74) is 0. The first-order valence-corrected chi connectivity index (χ1v) is 13.4. The van der Waals surface area contributed by atoms with Crippen LogP contribution in [0.25, 0.3) is 0 Å². The second-order valence-corrected chi connectivity index (χ2v) is 11.1. The zero-order valence-electron chi connectivity index (χ0n) is 20.3. The average molecular weight is 498 g/mol. The molecule has 3 heterocycles. The number of piperidine rings is 1. The number of nitrogens with zero attached hydrogens (tertiary/aromatic N) is 2. The molecule has 0 radical (unpaired) electrons. The van der Waals surface area contributed by atoms with Crippen LogP contribution in [0, 0.1) is 11.8 Å². The molecule has 2 aliphatic rings. The van der Waals surface area contributed by atoms with E-state index in [1.807, 2.05) is 20.8 Å². The Labute approximate surface area is 201 Å². The number of sulfonamides is 1. The van der Waals surface area contributed by atoms with Gasteiger partial charge in [-0.3, -0.25) is 9.59 Å².